The van der Waals surface area contributed by atoms with E-state index in [2.05, 4.69) is 29.4 Å². The van der Waals surface area contributed by atoms with E-state index in [-0.39, 0.29) is 0 Å². The van der Waals surface area contributed by atoms with E-state index in [1.165, 1.54) is 18.4 Å². The molecule has 100 valence electrons. The van der Waals surface area contributed by atoms with E-state index in [9.17, 15) is 5.11 Å². The van der Waals surface area contributed by atoms with Gasteiger partial charge in [0.05, 0.1) is 0 Å². The molecule has 0 radical (unpaired) electrons. The summed E-state index contributed by atoms with van der Waals surface area (Å²) in [5.74, 6) is 0.431. The maximum atomic E-state index is 9.79. The van der Waals surface area contributed by atoms with Crippen LogP contribution < -0.4 is 5.32 Å². The van der Waals surface area contributed by atoms with Crippen LogP contribution in [-0.2, 0) is 6.54 Å². The van der Waals surface area contributed by atoms with E-state index in [1.54, 1.807) is 0 Å². The lowest BCUT2D eigenvalue weighted by atomic mass is 10.0. The highest BCUT2D eigenvalue weighted by Crippen LogP contribution is 2.24. The average molecular weight is 248 g/mol. The van der Waals surface area contributed by atoms with E-state index in [1.807, 2.05) is 13.8 Å². The van der Waals surface area contributed by atoms with Crippen molar-refractivity contribution >= 4 is 0 Å². The van der Waals surface area contributed by atoms with Gasteiger partial charge in [-0.05, 0) is 57.0 Å². The molecule has 1 aliphatic rings. The zero-order valence-corrected chi connectivity index (χ0v) is 11.7. The van der Waals surface area contributed by atoms with Gasteiger partial charge in [-0.2, -0.15) is 0 Å². The van der Waals surface area contributed by atoms with Gasteiger partial charge in [0.2, 0.25) is 0 Å². The van der Waals surface area contributed by atoms with Gasteiger partial charge in [0, 0.05) is 19.1 Å². The molecule has 3 nitrogen and oxygen atoms in total. The molecule has 1 aromatic carbocycles. The largest absolute Gasteiger partial charge is 0.507 e. The monoisotopic (exact) mass is 248 g/mol. The smallest absolute Gasteiger partial charge is 0.121 e. The van der Waals surface area contributed by atoms with Gasteiger partial charge < -0.3 is 10.4 Å². The van der Waals surface area contributed by atoms with Crippen molar-refractivity contribution in [2.45, 2.75) is 39.3 Å². The predicted octanol–water partition coefficient (Wildman–Crippen LogP) is 2.19. The van der Waals surface area contributed by atoms with Gasteiger partial charge in [-0.3, -0.25) is 4.90 Å². The van der Waals surface area contributed by atoms with Gasteiger partial charge in [-0.1, -0.05) is 12.1 Å². The summed E-state index contributed by atoms with van der Waals surface area (Å²) < 4.78 is 0. The molecule has 1 unspecified atom stereocenters. The molecule has 1 aromatic rings. The number of benzene rings is 1. The van der Waals surface area contributed by atoms with Gasteiger partial charge in [-0.25, -0.2) is 0 Å². The number of hydrogen-bond donors (Lipinski definition) is 2. The van der Waals surface area contributed by atoms with E-state index in [4.69, 9.17) is 0 Å². The molecule has 2 rings (SSSR count). The Bertz CT molecular complexity index is 388. The molecule has 2 N–H and O–H groups in total. The number of rotatable bonds is 3. The summed E-state index contributed by atoms with van der Waals surface area (Å²) in [4.78, 5) is 2.41. The lowest BCUT2D eigenvalue weighted by Crippen LogP contribution is -2.43. The Morgan fingerprint density at radius 2 is 2.00 bits per heavy atom. The fourth-order valence-electron chi connectivity index (χ4n) is 2.76. The van der Waals surface area contributed by atoms with Crippen molar-refractivity contribution in [3.63, 3.8) is 0 Å². The summed E-state index contributed by atoms with van der Waals surface area (Å²) in [7, 11) is 2.19. The Morgan fingerprint density at radius 1 is 1.33 bits per heavy atom. The summed E-state index contributed by atoms with van der Waals surface area (Å²) in [5.41, 5.74) is 3.23. The molecular formula is C15H24N2O. The Hall–Kier alpha value is -1.06. The number of hydrogen-bond acceptors (Lipinski definition) is 3. The van der Waals surface area contributed by atoms with Gasteiger partial charge in [-0.15, -0.1) is 0 Å². The van der Waals surface area contributed by atoms with Crippen LogP contribution in [0.15, 0.2) is 12.1 Å². The first-order chi connectivity index (χ1) is 8.58. The molecule has 1 saturated heterocycles. The lowest BCUT2D eigenvalue weighted by molar-refractivity contribution is 0.196. The van der Waals surface area contributed by atoms with Crippen LogP contribution in [0.1, 0.15) is 29.5 Å². The second kappa shape index (κ2) is 5.72. The van der Waals surface area contributed by atoms with Crippen LogP contribution in [0.2, 0.25) is 0 Å². The van der Waals surface area contributed by atoms with Crippen molar-refractivity contribution in [3.05, 3.63) is 28.8 Å². The van der Waals surface area contributed by atoms with Gasteiger partial charge in [0.25, 0.3) is 0 Å². The minimum Gasteiger partial charge on any atom is -0.507 e. The Balaban J connectivity index is 2.04. The molecule has 0 bridgehead atoms. The number of aryl methyl sites for hydroxylation is 2. The van der Waals surface area contributed by atoms with Crippen molar-refractivity contribution in [2.75, 3.05) is 20.1 Å². The number of phenolic OH excluding ortho intramolecular Hbond substituents is 1. The fraction of sp³-hybridized carbons (Fsp3) is 0.600. The molecule has 3 heteroatoms. The third kappa shape index (κ3) is 3.03. The molecule has 0 spiro atoms. The fourth-order valence-corrected chi connectivity index (χ4v) is 2.76. The van der Waals surface area contributed by atoms with Crippen LogP contribution in [0.5, 0.6) is 5.75 Å². The minimum atomic E-state index is 0.431. The predicted molar refractivity (Wildman–Crippen MR) is 74.9 cm³/mol. The summed E-state index contributed by atoms with van der Waals surface area (Å²) in [6, 6.07) is 4.82. The summed E-state index contributed by atoms with van der Waals surface area (Å²) in [6.07, 6.45) is 2.54. The average Bonchev–Trinajstić information content (AvgIpc) is 2.37. The van der Waals surface area contributed by atoms with Gasteiger partial charge >= 0.3 is 0 Å². The van der Waals surface area contributed by atoms with Gasteiger partial charge in [0.15, 0.2) is 0 Å². The van der Waals surface area contributed by atoms with Gasteiger partial charge in [0.1, 0.15) is 5.75 Å². The van der Waals surface area contributed by atoms with Crippen molar-refractivity contribution in [2.24, 2.45) is 0 Å². The molecule has 0 aromatic heterocycles. The summed E-state index contributed by atoms with van der Waals surface area (Å²) >= 11 is 0. The Kier molecular flexibility index (Phi) is 4.25. The normalized spacial score (nSPS) is 20.3. The molecule has 1 fully saturated rings. The minimum absolute atomic E-state index is 0.431. The lowest BCUT2D eigenvalue weighted by Gasteiger charge is -2.31. The number of nitrogens with zero attached hydrogens (tertiary/aromatic N) is 1. The molecule has 18 heavy (non-hydrogen) atoms. The third-order valence-electron chi connectivity index (χ3n) is 3.88. The first kappa shape index (κ1) is 13.4. The van der Waals surface area contributed by atoms with Crippen LogP contribution in [-0.4, -0.2) is 36.2 Å². The zero-order chi connectivity index (χ0) is 13.1. The SMILES string of the molecule is Cc1cc(CN(C)C2CCCNC2)cc(C)c1O. The quantitative estimate of drug-likeness (QED) is 0.861. The molecule has 0 saturated carbocycles. The van der Waals surface area contributed by atoms with E-state index < -0.39 is 0 Å². The number of aromatic hydroxyl groups is 1. The summed E-state index contributed by atoms with van der Waals surface area (Å²) in [6.45, 7) is 7.13. The van der Waals surface area contributed by atoms with Crippen LogP contribution in [0.4, 0.5) is 0 Å². The maximum absolute atomic E-state index is 9.79. The highest BCUT2D eigenvalue weighted by atomic mass is 16.3. The zero-order valence-electron chi connectivity index (χ0n) is 11.7. The van der Waals surface area contributed by atoms with E-state index in [0.29, 0.717) is 11.8 Å². The topological polar surface area (TPSA) is 35.5 Å². The van der Waals surface area contributed by atoms with E-state index in [0.717, 1.165) is 30.8 Å². The maximum Gasteiger partial charge on any atom is 0.121 e. The second-order valence-electron chi connectivity index (χ2n) is 5.49. The van der Waals surface area contributed by atoms with Crippen LogP contribution in [0.3, 0.4) is 0 Å². The van der Waals surface area contributed by atoms with Crippen molar-refractivity contribution in [1.29, 1.82) is 0 Å². The molecule has 0 aliphatic carbocycles. The first-order valence-electron chi connectivity index (χ1n) is 6.78. The summed E-state index contributed by atoms with van der Waals surface area (Å²) in [5, 5.41) is 13.2. The molecular weight excluding hydrogens is 224 g/mol. The Morgan fingerprint density at radius 3 is 2.56 bits per heavy atom. The first-order valence-corrected chi connectivity index (χ1v) is 6.78. The molecule has 1 heterocycles. The number of likely N-dealkylation sites (N-methyl/N-ethyl adjacent to an activating group) is 1. The molecule has 0 amide bonds. The van der Waals surface area contributed by atoms with Crippen LogP contribution in [0.25, 0.3) is 0 Å². The second-order valence-corrected chi connectivity index (χ2v) is 5.49. The van der Waals surface area contributed by atoms with E-state index >= 15 is 0 Å². The standard InChI is InChI=1S/C15H24N2O/c1-11-7-13(8-12(2)15(11)18)10-17(3)14-5-4-6-16-9-14/h7-8,14,16,18H,4-6,9-10H2,1-3H3. The van der Waals surface area contributed by atoms with Crippen LogP contribution >= 0.6 is 0 Å². The highest BCUT2D eigenvalue weighted by molar-refractivity contribution is 5.42. The molecule has 1 aliphatic heterocycles. The number of piperidine rings is 1. The van der Waals surface area contributed by atoms with Crippen molar-refractivity contribution in [3.8, 4) is 5.75 Å². The van der Waals surface area contributed by atoms with Crippen molar-refractivity contribution < 1.29 is 5.11 Å². The number of nitrogens with one attached hydrogen (secondary N) is 1. The third-order valence-corrected chi connectivity index (χ3v) is 3.88. The Labute approximate surface area is 110 Å². The van der Waals surface area contributed by atoms with Crippen LogP contribution in [0, 0.1) is 13.8 Å². The number of phenols is 1. The van der Waals surface area contributed by atoms with Crippen molar-refractivity contribution in [1.82, 2.24) is 10.2 Å². The molecule has 1 atom stereocenters. The highest BCUT2D eigenvalue weighted by Gasteiger charge is 2.18.